The minimum Gasteiger partial charge on any atom is -0.497 e. The predicted octanol–water partition coefficient (Wildman–Crippen LogP) is 2.64. The van der Waals surface area contributed by atoms with E-state index in [4.69, 9.17) is 4.74 Å². The third kappa shape index (κ3) is 1.44. The highest BCUT2D eigenvalue weighted by molar-refractivity contribution is 5.40. The Balaban J connectivity index is 1.92. The summed E-state index contributed by atoms with van der Waals surface area (Å²) >= 11 is 0. The lowest BCUT2D eigenvalue weighted by Gasteiger charge is -2.32. The summed E-state index contributed by atoms with van der Waals surface area (Å²) in [4.78, 5) is 0. The lowest BCUT2D eigenvalue weighted by Crippen LogP contribution is -2.27. The Morgan fingerprint density at radius 2 is 2.20 bits per heavy atom. The van der Waals surface area contributed by atoms with Gasteiger partial charge in [-0.2, -0.15) is 0 Å². The van der Waals surface area contributed by atoms with E-state index in [1.165, 1.54) is 30.4 Å². The molecule has 1 saturated carbocycles. The van der Waals surface area contributed by atoms with Gasteiger partial charge in [-0.05, 0) is 42.0 Å². The largest absolute Gasteiger partial charge is 0.497 e. The van der Waals surface area contributed by atoms with Crippen LogP contribution in [0, 0.1) is 5.92 Å². The maximum absolute atomic E-state index is 5.29. The van der Waals surface area contributed by atoms with Crippen LogP contribution >= 0.6 is 0 Å². The Bertz CT molecular complexity index is 371. The minimum absolute atomic E-state index is 0.587. The van der Waals surface area contributed by atoms with Crippen molar-refractivity contribution >= 4 is 0 Å². The van der Waals surface area contributed by atoms with Gasteiger partial charge in [0.1, 0.15) is 5.75 Å². The summed E-state index contributed by atoms with van der Waals surface area (Å²) in [5.74, 6) is 1.85. The zero-order chi connectivity index (χ0) is 10.3. The Morgan fingerprint density at radius 3 is 2.87 bits per heavy atom. The van der Waals surface area contributed by atoms with E-state index in [0.717, 1.165) is 18.2 Å². The predicted molar refractivity (Wildman–Crippen MR) is 59.9 cm³/mol. The average molecular weight is 203 g/mol. The molecule has 2 heteroatoms. The molecule has 1 aliphatic carbocycles. The van der Waals surface area contributed by atoms with Gasteiger partial charge in [-0.3, -0.25) is 0 Å². The van der Waals surface area contributed by atoms with Gasteiger partial charge in [0, 0.05) is 12.6 Å². The first kappa shape index (κ1) is 9.22. The molecular formula is C13H17NO. The summed E-state index contributed by atoms with van der Waals surface area (Å²) in [6.07, 6.45) is 4.17. The summed E-state index contributed by atoms with van der Waals surface area (Å²) in [7, 11) is 1.74. The highest BCUT2D eigenvalue weighted by atomic mass is 16.5. The number of fused-ring (bicyclic) bond motifs is 1. The number of ether oxygens (including phenoxy) is 1. The van der Waals surface area contributed by atoms with Crippen molar-refractivity contribution in [3.05, 3.63) is 29.3 Å². The van der Waals surface area contributed by atoms with Gasteiger partial charge in [-0.25, -0.2) is 0 Å². The van der Waals surface area contributed by atoms with Crippen molar-refractivity contribution in [2.24, 2.45) is 5.92 Å². The second-order valence-electron chi connectivity index (χ2n) is 4.61. The van der Waals surface area contributed by atoms with Gasteiger partial charge >= 0.3 is 0 Å². The Kier molecular flexibility index (Phi) is 2.17. The molecule has 1 aliphatic heterocycles. The van der Waals surface area contributed by atoms with Crippen LogP contribution in [0.5, 0.6) is 5.75 Å². The number of methoxy groups -OCH3 is 1. The van der Waals surface area contributed by atoms with Gasteiger partial charge in [0.05, 0.1) is 7.11 Å². The van der Waals surface area contributed by atoms with E-state index in [2.05, 4.69) is 23.5 Å². The van der Waals surface area contributed by atoms with Crippen molar-refractivity contribution in [2.75, 3.05) is 7.11 Å². The fourth-order valence-electron chi connectivity index (χ4n) is 2.67. The summed E-state index contributed by atoms with van der Waals surface area (Å²) in [6.45, 7) is 1.03. The van der Waals surface area contributed by atoms with E-state index in [9.17, 15) is 0 Å². The van der Waals surface area contributed by atoms with E-state index in [1.54, 1.807) is 7.11 Å². The SMILES string of the molecule is COc1ccc2c(c1)C(C1CCC1)NC2. The highest BCUT2D eigenvalue weighted by Crippen LogP contribution is 2.42. The second-order valence-corrected chi connectivity index (χ2v) is 4.61. The second kappa shape index (κ2) is 3.53. The van der Waals surface area contributed by atoms with Crippen molar-refractivity contribution in [3.8, 4) is 5.75 Å². The van der Waals surface area contributed by atoms with Gasteiger partial charge in [-0.15, -0.1) is 0 Å². The van der Waals surface area contributed by atoms with Crippen molar-refractivity contribution in [2.45, 2.75) is 31.8 Å². The molecule has 0 aromatic heterocycles. The molecule has 2 nitrogen and oxygen atoms in total. The van der Waals surface area contributed by atoms with Crippen LogP contribution in [0.2, 0.25) is 0 Å². The van der Waals surface area contributed by atoms with Crippen LogP contribution in [-0.2, 0) is 6.54 Å². The van der Waals surface area contributed by atoms with Crippen LogP contribution in [0.4, 0.5) is 0 Å². The first-order valence-corrected chi connectivity index (χ1v) is 5.78. The van der Waals surface area contributed by atoms with E-state index in [0.29, 0.717) is 6.04 Å². The minimum atomic E-state index is 0.587. The van der Waals surface area contributed by atoms with Gasteiger partial charge < -0.3 is 10.1 Å². The highest BCUT2D eigenvalue weighted by Gasteiger charge is 2.32. The molecule has 1 aromatic rings. The van der Waals surface area contributed by atoms with E-state index >= 15 is 0 Å². The van der Waals surface area contributed by atoms with Crippen LogP contribution in [-0.4, -0.2) is 7.11 Å². The summed E-state index contributed by atoms with van der Waals surface area (Å²) in [5, 5.41) is 3.62. The van der Waals surface area contributed by atoms with Crippen LogP contribution in [0.25, 0.3) is 0 Å². The summed E-state index contributed by atoms with van der Waals surface area (Å²) in [5.41, 5.74) is 2.92. The van der Waals surface area contributed by atoms with Gasteiger partial charge in [0.15, 0.2) is 0 Å². The lowest BCUT2D eigenvalue weighted by atomic mass is 9.77. The zero-order valence-electron chi connectivity index (χ0n) is 9.12. The molecule has 1 heterocycles. The molecule has 1 fully saturated rings. The monoisotopic (exact) mass is 203 g/mol. The van der Waals surface area contributed by atoms with Gasteiger partial charge in [0.25, 0.3) is 0 Å². The number of benzene rings is 1. The van der Waals surface area contributed by atoms with E-state index < -0.39 is 0 Å². The molecule has 0 spiro atoms. The fraction of sp³-hybridized carbons (Fsp3) is 0.538. The first-order valence-electron chi connectivity index (χ1n) is 5.78. The maximum atomic E-state index is 5.29. The van der Waals surface area contributed by atoms with Crippen molar-refractivity contribution in [1.29, 1.82) is 0 Å². The topological polar surface area (TPSA) is 21.3 Å². The molecule has 1 atom stereocenters. The Morgan fingerprint density at radius 1 is 1.33 bits per heavy atom. The van der Waals surface area contributed by atoms with E-state index in [1.807, 2.05) is 0 Å². The van der Waals surface area contributed by atoms with Crippen LogP contribution in [0.3, 0.4) is 0 Å². The molecule has 0 bridgehead atoms. The van der Waals surface area contributed by atoms with Crippen molar-refractivity contribution in [3.63, 3.8) is 0 Å². The Hall–Kier alpha value is -1.02. The van der Waals surface area contributed by atoms with Gasteiger partial charge in [0.2, 0.25) is 0 Å². The molecule has 0 saturated heterocycles. The van der Waals surface area contributed by atoms with Crippen LogP contribution < -0.4 is 10.1 Å². The van der Waals surface area contributed by atoms with Crippen molar-refractivity contribution < 1.29 is 4.74 Å². The molecule has 0 radical (unpaired) electrons. The van der Waals surface area contributed by atoms with Crippen LogP contribution in [0.15, 0.2) is 18.2 Å². The molecule has 3 rings (SSSR count). The average Bonchev–Trinajstić information content (AvgIpc) is 2.59. The number of hydrogen-bond acceptors (Lipinski definition) is 2. The first-order chi connectivity index (χ1) is 7.38. The molecule has 2 aliphatic rings. The van der Waals surface area contributed by atoms with E-state index in [-0.39, 0.29) is 0 Å². The number of rotatable bonds is 2. The molecule has 1 unspecified atom stereocenters. The smallest absolute Gasteiger partial charge is 0.119 e. The zero-order valence-corrected chi connectivity index (χ0v) is 9.12. The molecular weight excluding hydrogens is 186 g/mol. The molecule has 80 valence electrons. The quantitative estimate of drug-likeness (QED) is 0.797. The maximum Gasteiger partial charge on any atom is 0.119 e. The van der Waals surface area contributed by atoms with Gasteiger partial charge in [-0.1, -0.05) is 12.5 Å². The normalized spacial score (nSPS) is 24.7. The standard InChI is InChI=1S/C13H17NO/c1-15-11-6-5-10-8-14-13(12(10)7-11)9-3-2-4-9/h5-7,9,13-14H,2-4,8H2,1H3. The molecule has 0 amide bonds. The summed E-state index contributed by atoms with van der Waals surface area (Å²) < 4.78 is 5.29. The number of nitrogens with one attached hydrogen (secondary N) is 1. The number of hydrogen-bond donors (Lipinski definition) is 1. The molecule has 1 aromatic carbocycles. The molecule has 15 heavy (non-hydrogen) atoms. The lowest BCUT2D eigenvalue weighted by molar-refractivity contribution is 0.240. The fourth-order valence-corrected chi connectivity index (χ4v) is 2.67. The third-order valence-corrected chi connectivity index (χ3v) is 3.82. The third-order valence-electron chi connectivity index (χ3n) is 3.82. The van der Waals surface area contributed by atoms with Crippen LogP contribution in [0.1, 0.15) is 36.4 Å². The summed E-state index contributed by atoms with van der Waals surface area (Å²) in [6, 6.07) is 7.05. The Labute approximate surface area is 90.6 Å². The molecule has 1 N–H and O–H groups in total. The van der Waals surface area contributed by atoms with Crippen molar-refractivity contribution in [1.82, 2.24) is 5.32 Å².